The fourth-order valence-corrected chi connectivity index (χ4v) is 5.07. The molecule has 2 atom stereocenters. The van der Waals surface area contributed by atoms with Crippen molar-refractivity contribution in [3.8, 4) is 0 Å². The van der Waals surface area contributed by atoms with Gasteiger partial charge in [-0.15, -0.1) is 11.3 Å². The number of anilines is 1. The number of hydrogen-bond donors (Lipinski definition) is 0. The van der Waals surface area contributed by atoms with Crippen LogP contribution in [0.25, 0.3) is 0 Å². The summed E-state index contributed by atoms with van der Waals surface area (Å²) in [4.78, 5) is 33.7. The van der Waals surface area contributed by atoms with Crippen molar-refractivity contribution in [3.05, 3.63) is 81.6 Å². The van der Waals surface area contributed by atoms with E-state index in [4.69, 9.17) is 0 Å². The minimum absolute atomic E-state index is 0.00687. The highest BCUT2D eigenvalue weighted by atomic mass is 32.1. The van der Waals surface area contributed by atoms with Crippen molar-refractivity contribution in [2.24, 2.45) is 0 Å². The molecule has 4 rings (SSSR count). The quantitative estimate of drug-likeness (QED) is 0.353. The number of urea groups is 1. The SMILES string of the molecule is CN(C(=O)N(C)C1CN(C(=O)c2nccs2)CC1c1ccc(F)cc1)c1cc(C(F)(F)F)cc(C(F)(F)F)c1. The number of thiazole rings is 1. The third kappa shape index (κ3) is 6.00. The number of carbonyl (C=O) groups is 2. The average Bonchev–Trinajstić information content (AvgIpc) is 3.57. The molecule has 3 amide bonds. The molecule has 0 bridgehead atoms. The van der Waals surface area contributed by atoms with Gasteiger partial charge < -0.3 is 9.80 Å². The standard InChI is InChI=1S/C25H21F7N4O2S/c1-34(18-10-15(24(27,28)29)9-16(11-18)25(30,31)32)23(38)35(2)20-13-36(22(37)21-33-7-8-39-21)12-19(20)14-3-5-17(26)6-4-14/h3-11,19-20H,12-13H2,1-2H3. The Labute approximate surface area is 222 Å². The fraction of sp³-hybridized carbons (Fsp3) is 0.320. The first kappa shape index (κ1) is 28.3. The molecule has 1 aliphatic rings. The number of alkyl halides is 6. The van der Waals surface area contributed by atoms with Gasteiger partial charge >= 0.3 is 18.4 Å². The second kappa shape index (κ2) is 10.5. The molecule has 0 N–H and O–H groups in total. The van der Waals surface area contributed by atoms with Crippen molar-refractivity contribution in [1.29, 1.82) is 0 Å². The molecule has 0 spiro atoms. The van der Waals surface area contributed by atoms with E-state index < -0.39 is 58.9 Å². The van der Waals surface area contributed by atoms with Crippen LogP contribution in [0.5, 0.6) is 0 Å². The van der Waals surface area contributed by atoms with E-state index >= 15 is 0 Å². The minimum atomic E-state index is -5.08. The Hall–Kier alpha value is -3.68. The summed E-state index contributed by atoms with van der Waals surface area (Å²) in [5.41, 5.74) is -3.13. The molecule has 6 nitrogen and oxygen atoms in total. The summed E-state index contributed by atoms with van der Waals surface area (Å²) in [6, 6.07) is 4.69. The third-order valence-electron chi connectivity index (χ3n) is 6.54. The van der Waals surface area contributed by atoms with Crippen molar-refractivity contribution in [2.45, 2.75) is 24.3 Å². The van der Waals surface area contributed by atoms with E-state index in [9.17, 15) is 40.3 Å². The molecule has 0 aliphatic carbocycles. The number of likely N-dealkylation sites (N-methyl/N-ethyl adjacent to an activating group) is 1. The Morgan fingerprint density at radius 1 is 0.949 bits per heavy atom. The van der Waals surface area contributed by atoms with E-state index in [0.29, 0.717) is 22.6 Å². The first-order chi connectivity index (χ1) is 18.2. The van der Waals surface area contributed by atoms with Crippen LogP contribution in [0.15, 0.2) is 54.0 Å². The summed E-state index contributed by atoms with van der Waals surface area (Å²) >= 11 is 1.12. The van der Waals surface area contributed by atoms with Crippen molar-refractivity contribution in [3.63, 3.8) is 0 Å². The van der Waals surface area contributed by atoms with Gasteiger partial charge in [-0.1, -0.05) is 12.1 Å². The molecule has 0 radical (unpaired) electrons. The summed E-state index contributed by atoms with van der Waals surface area (Å²) < 4.78 is 93.7. The molecule has 1 saturated heterocycles. The molecule has 14 heteroatoms. The Balaban J connectivity index is 1.66. The van der Waals surface area contributed by atoms with E-state index in [-0.39, 0.29) is 24.2 Å². The van der Waals surface area contributed by atoms with E-state index in [1.807, 2.05) is 0 Å². The third-order valence-corrected chi connectivity index (χ3v) is 7.30. The molecular weight excluding hydrogens is 553 g/mol. The highest BCUT2D eigenvalue weighted by molar-refractivity contribution is 7.11. The number of aromatic nitrogens is 1. The Bertz CT molecular complexity index is 1310. The lowest BCUT2D eigenvalue weighted by Gasteiger charge is -2.33. The zero-order valence-electron chi connectivity index (χ0n) is 20.4. The van der Waals surface area contributed by atoms with Crippen LogP contribution in [-0.2, 0) is 12.4 Å². The lowest BCUT2D eigenvalue weighted by Crippen LogP contribution is -2.47. The number of amides is 3. The maximum atomic E-state index is 13.6. The van der Waals surface area contributed by atoms with Gasteiger partial charge in [0.1, 0.15) is 5.82 Å². The summed E-state index contributed by atoms with van der Waals surface area (Å²) in [6.45, 7) is 0.130. The average molecular weight is 575 g/mol. The topological polar surface area (TPSA) is 56.8 Å². The van der Waals surface area contributed by atoms with Crippen LogP contribution in [0.4, 0.5) is 41.2 Å². The predicted octanol–water partition coefficient (Wildman–Crippen LogP) is 6.12. The fourth-order valence-electron chi connectivity index (χ4n) is 4.47. The van der Waals surface area contributed by atoms with Crippen LogP contribution >= 0.6 is 11.3 Å². The predicted molar refractivity (Wildman–Crippen MR) is 129 cm³/mol. The number of likely N-dealkylation sites (tertiary alicyclic amines) is 1. The van der Waals surface area contributed by atoms with E-state index in [1.165, 1.54) is 42.4 Å². The summed E-state index contributed by atoms with van der Waals surface area (Å²) in [7, 11) is 2.41. The number of rotatable bonds is 4. The number of benzene rings is 2. The van der Waals surface area contributed by atoms with Gasteiger partial charge in [-0.3, -0.25) is 9.69 Å². The Morgan fingerprint density at radius 3 is 2.05 bits per heavy atom. The van der Waals surface area contributed by atoms with Crippen molar-refractivity contribution in [2.75, 3.05) is 32.1 Å². The van der Waals surface area contributed by atoms with Crippen LogP contribution in [0.3, 0.4) is 0 Å². The van der Waals surface area contributed by atoms with E-state index in [0.717, 1.165) is 23.3 Å². The van der Waals surface area contributed by atoms with Gasteiger partial charge in [-0.25, -0.2) is 14.2 Å². The summed E-state index contributed by atoms with van der Waals surface area (Å²) in [5.74, 6) is -1.43. The second-order valence-corrected chi connectivity index (χ2v) is 9.88. The molecule has 2 heterocycles. The van der Waals surface area contributed by atoms with Crippen molar-refractivity contribution >= 4 is 29.0 Å². The molecule has 208 valence electrons. The van der Waals surface area contributed by atoms with Gasteiger partial charge in [-0.2, -0.15) is 26.3 Å². The highest BCUT2D eigenvalue weighted by Crippen LogP contribution is 2.39. The lowest BCUT2D eigenvalue weighted by molar-refractivity contribution is -0.143. The Morgan fingerprint density at radius 2 is 1.54 bits per heavy atom. The maximum Gasteiger partial charge on any atom is 0.416 e. The first-order valence-corrected chi connectivity index (χ1v) is 12.3. The smallest absolute Gasteiger partial charge is 0.334 e. The number of carbonyl (C=O) groups excluding carboxylic acids is 2. The second-order valence-electron chi connectivity index (χ2n) is 8.99. The number of halogens is 7. The summed E-state index contributed by atoms with van der Waals surface area (Å²) in [6.07, 6.45) is -8.71. The molecule has 2 aromatic carbocycles. The van der Waals surface area contributed by atoms with Crippen LogP contribution in [0.1, 0.15) is 32.4 Å². The maximum absolute atomic E-state index is 13.6. The molecular formula is C25H21F7N4O2S. The molecule has 1 fully saturated rings. The number of nitrogens with zero attached hydrogens (tertiary/aromatic N) is 4. The van der Waals surface area contributed by atoms with Crippen molar-refractivity contribution in [1.82, 2.24) is 14.8 Å². The highest BCUT2D eigenvalue weighted by Gasteiger charge is 2.42. The Kier molecular flexibility index (Phi) is 7.61. The van der Waals surface area contributed by atoms with Gasteiger partial charge in [0.05, 0.1) is 17.2 Å². The normalized spacial score (nSPS) is 17.8. The zero-order chi connectivity index (χ0) is 28.7. The van der Waals surface area contributed by atoms with Crippen LogP contribution < -0.4 is 4.90 Å². The number of hydrogen-bond acceptors (Lipinski definition) is 4. The van der Waals surface area contributed by atoms with E-state index in [1.54, 1.807) is 5.38 Å². The van der Waals surface area contributed by atoms with Crippen LogP contribution in [0.2, 0.25) is 0 Å². The van der Waals surface area contributed by atoms with Crippen LogP contribution in [0, 0.1) is 5.82 Å². The van der Waals surface area contributed by atoms with Crippen molar-refractivity contribution < 1.29 is 40.3 Å². The van der Waals surface area contributed by atoms with Gasteiger partial charge in [0, 0.05) is 50.4 Å². The van der Waals surface area contributed by atoms with Gasteiger partial charge in [-0.05, 0) is 35.9 Å². The molecule has 1 aliphatic heterocycles. The van der Waals surface area contributed by atoms with Gasteiger partial charge in [0.25, 0.3) is 5.91 Å². The molecule has 2 unspecified atom stereocenters. The van der Waals surface area contributed by atoms with Crippen LogP contribution in [-0.4, -0.2) is 59.9 Å². The zero-order valence-corrected chi connectivity index (χ0v) is 21.2. The molecule has 39 heavy (non-hydrogen) atoms. The lowest BCUT2D eigenvalue weighted by atomic mass is 9.93. The largest absolute Gasteiger partial charge is 0.416 e. The molecule has 1 aromatic heterocycles. The van der Waals surface area contributed by atoms with E-state index in [2.05, 4.69) is 4.98 Å². The minimum Gasteiger partial charge on any atom is -0.334 e. The molecule has 0 saturated carbocycles. The van der Waals surface area contributed by atoms with Gasteiger partial charge in [0.2, 0.25) is 0 Å². The first-order valence-electron chi connectivity index (χ1n) is 11.4. The summed E-state index contributed by atoms with van der Waals surface area (Å²) in [5, 5.41) is 1.83. The molecule has 3 aromatic rings. The monoisotopic (exact) mass is 574 g/mol. The van der Waals surface area contributed by atoms with Gasteiger partial charge in [0.15, 0.2) is 5.01 Å².